The smallest absolute Gasteiger partial charge is 0.356 e. The van der Waals surface area contributed by atoms with Gasteiger partial charge in [-0.3, -0.25) is 5.32 Å². The minimum atomic E-state index is -4.32. The first-order chi connectivity index (χ1) is 19.9. The first kappa shape index (κ1) is 33.2. The van der Waals surface area contributed by atoms with Crippen LogP contribution in [-0.4, -0.2) is 12.7 Å². The molecule has 0 heterocycles. The number of nitrogens with one attached hydrogen (secondary N) is 1. The summed E-state index contributed by atoms with van der Waals surface area (Å²) < 4.78 is 39.1. The first-order valence-corrected chi connectivity index (χ1v) is 15.1. The molecule has 1 unspecified atom stereocenters. The zero-order chi connectivity index (χ0) is 30.9. The highest BCUT2D eigenvalue weighted by Crippen LogP contribution is 2.33. The summed E-state index contributed by atoms with van der Waals surface area (Å²) >= 11 is 0. The number of halogens is 3. The Balaban J connectivity index is 1.64. The van der Waals surface area contributed by atoms with E-state index in [1.54, 1.807) is 12.1 Å². The third kappa shape index (κ3) is 9.09. The van der Waals surface area contributed by atoms with Crippen molar-refractivity contribution < 1.29 is 13.2 Å². The summed E-state index contributed by atoms with van der Waals surface area (Å²) in [5.41, 5.74) is 10.2. The van der Waals surface area contributed by atoms with Gasteiger partial charge in [0, 0.05) is 18.8 Å². The number of rotatable bonds is 13. The predicted octanol–water partition coefficient (Wildman–Crippen LogP) is 10.5. The van der Waals surface area contributed by atoms with Crippen LogP contribution in [0, 0.1) is 6.92 Å². The van der Waals surface area contributed by atoms with Gasteiger partial charge in [-0.25, -0.2) is 0 Å². The van der Waals surface area contributed by atoms with Gasteiger partial charge in [-0.05, 0) is 113 Å². The molecule has 0 amide bonds. The second kappa shape index (κ2) is 15.2. The molecule has 0 aliphatic rings. The SMILES string of the molecule is CCC(NCc1cccc(CC/C(C)=C(\C)CC(=C(C)C)c2ccc(C(F)(F)F)cc2)c1)N(CC)c1ccccc1C. The molecule has 0 saturated carbocycles. The summed E-state index contributed by atoms with van der Waals surface area (Å²) in [6.45, 7) is 16.7. The molecule has 1 N–H and O–H groups in total. The average molecular weight is 577 g/mol. The standard InChI is InChI=1S/C37H47F3N2/c1-8-36(42(9-2)35-16-11-10-13-28(35)6)41-25-31-15-12-14-30(24-31)18-17-27(5)29(7)23-34(26(3)4)32-19-21-33(22-20-32)37(38,39)40/h10-16,19-22,24,36,41H,8-9,17-18,23,25H2,1-7H3/b29-27+. The summed E-state index contributed by atoms with van der Waals surface area (Å²) in [5.74, 6) is 0. The normalized spacial score (nSPS) is 13.0. The van der Waals surface area contributed by atoms with Gasteiger partial charge >= 0.3 is 6.18 Å². The molecule has 0 saturated heterocycles. The Hall–Kier alpha value is -3.31. The Morgan fingerprint density at radius 3 is 2.10 bits per heavy atom. The molecule has 1 atom stereocenters. The largest absolute Gasteiger partial charge is 0.416 e. The van der Waals surface area contributed by atoms with Crippen LogP contribution in [0.4, 0.5) is 18.9 Å². The molecule has 0 radical (unpaired) electrons. The molecule has 0 aliphatic heterocycles. The molecule has 0 aliphatic carbocycles. The van der Waals surface area contributed by atoms with E-state index in [1.165, 1.54) is 45.7 Å². The molecular weight excluding hydrogens is 529 g/mol. The van der Waals surface area contributed by atoms with Crippen molar-refractivity contribution in [1.29, 1.82) is 0 Å². The molecule has 0 bridgehead atoms. The lowest BCUT2D eigenvalue weighted by molar-refractivity contribution is -0.137. The van der Waals surface area contributed by atoms with Crippen LogP contribution >= 0.6 is 0 Å². The van der Waals surface area contributed by atoms with Crippen molar-refractivity contribution in [2.75, 3.05) is 11.4 Å². The van der Waals surface area contributed by atoms with Crippen LogP contribution in [-0.2, 0) is 19.1 Å². The molecule has 42 heavy (non-hydrogen) atoms. The van der Waals surface area contributed by atoms with Gasteiger partial charge in [0.1, 0.15) is 0 Å². The Morgan fingerprint density at radius 2 is 1.50 bits per heavy atom. The van der Waals surface area contributed by atoms with Gasteiger partial charge < -0.3 is 4.90 Å². The number of hydrogen-bond acceptors (Lipinski definition) is 2. The predicted molar refractivity (Wildman–Crippen MR) is 173 cm³/mol. The third-order valence-corrected chi connectivity index (χ3v) is 8.19. The minimum absolute atomic E-state index is 0.251. The van der Waals surface area contributed by atoms with Gasteiger partial charge in [0.05, 0.1) is 11.7 Å². The molecule has 0 fully saturated rings. The van der Waals surface area contributed by atoms with E-state index in [-0.39, 0.29) is 6.17 Å². The van der Waals surface area contributed by atoms with E-state index >= 15 is 0 Å². The summed E-state index contributed by atoms with van der Waals surface area (Å²) in [6, 6.07) is 22.9. The second-order valence-electron chi connectivity index (χ2n) is 11.5. The van der Waals surface area contributed by atoms with Crippen LogP contribution in [0.15, 0.2) is 89.5 Å². The zero-order valence-electron chi connectivity index (χ0n) is 26.3. The maximum absolute atomic E-state index is 13.0. The van der Waals surface area contributed by atoms with Crippen molar-refractivity contribution in [2.24, 2.45) is 0 Å². The Morgan fingerprint density at radius 1 is 0.833 bits per heavy atom. The van der Waals surface area contributed by atoms with E-state index in [4.69, 9.17) is 0 Å². The maximum Gasteiger partial charge on any atom is 0.416 e. The topological polar surface area (TPSA) is 15.3 Å². The fourth-order valence-electron chi connectivity index (χ4n) is 5.44. The lowest BCUT2D eigenvalue weighted by Gasteiger charge is -2.34. The first-order valence-electron chi connectivity index (χ1n) is 15.1. The van der Waals surface area contributed by atoms with E-state index in [2.05, 4.69) is 93.4 Å². The lowest BCUT2D eigenvalue weighted by Crippen LogP contribution is -2.45. The van der Waals surface area contributed by atoms with Crippen LogP contribution in [0.3, 0.4) is 0 Å². The number of alkyl halides is 3. The van der Waals surface area contributed by atoms with Crippen LogP contribution in [0.1, 0.15) is 88.6 Å². The maximum atomic E-state index is 13.0. The van der Waals surface area contributed by atoms with Crippen LogP contribution in [0.5, 0.6) is 0 Å². The summed E-state index contributed by atoms with van der Waals surface area (Å²) in [6.07, 6.45) is -0.440. The Labute approximate surface area is 251 Å². The van der Waals surface area contributed by atoms with E-state index < -0.39 is 11.7 Å². The van der Waals surface area contributed by atoms with Crippen molar-refractivity contribution in [3.63, 3.8) is 0 Å². The highest BCUT2D eigenvalue weighted by Gasteiger charge is 2.30. The number of hydrogen-bond donors (Lipinski definition) is 1. The lowest BCUT2D eigenvalue weighted by atomic mass is 9.91. The summed E-state index contributed by atoms with van der Waals surface area (Å²) in [5, 5.41) is 3.78. The fraction of sp³-hybridized carbons (Fsp3) is 0.405. The van der Waals surface area contributed by atoms with E-state index in [9.17, 15) is 13.2 Å². The van der Waals surface area contributed by atoms with Crippen molar-refractivity contribution in [3.8, 4) is 0 Å². The van der Waals surface area contributed by atoms with Gasteiger partial charge in [0.25, 0.3) is 0 Å². The number of para-hydroxylation sites is 1. The molecule has 226 valence electrons. The summed E-state index contributed by atoms with van der Waals surface area (Å²) in [4.78, 5) is 2.45. The average Bonchev–Trinajstić information content (AvgIpc) is 2.97. The van der Waals surface area contributed by atoms with Crippen molar-refractivity contribution in [1.82, 2.24) is 5.32 Å². The van der Waals surface area contributed by atoms with Gasteiger partial charge in [0.15, 0.2) is 0 Å². The fourth-order valence-corrected chi connectivity index (χ4v) is 5.44. The minimum Gasteiger partial charge on any atom is -0.356 e. The highest BCUT2D eigenvalue weighted by atomic mass is 19.4. The Kier molecular flexibility index (Phi) is 12.0. The molecule has 5 heteroatoms. The highest BCUT2D eigenvalue weighted by molar-refractivity contribution is 5.70. The van der Waals surface area contributed by atoms with Crippen molar-refractivity contribution >= 4 is 11.3 Å². The van der Waals surface area contributed by atoms with Crippen molar-refractivity contribution in [3.05, 3.63) is 117 Å². The molecular formula is C37H47F3N2. The van der Waals surface area contributed by atoms with Gasteiger partial charge in [-0.15, -0.1) is 0 Å². The molecule has 3 aromatic rings. The second-order valence-corrected chi connectivity index (χ2v) is 11.5. The van der Waals surface area contributed by atoms with Crippen molar-refractivity contribution in [2.45, 2.75) is 93.0 Å². The molecule has 2 nitrogen and oxygen atoms in total. The number of anilines is 1. The van der Waals surface area contributed by atoms with Gasteiger partial charge in [0.2, 0.25) is 0 Å². The quantitative estimate of drug-likeness (QED) is 0.161. The van der Waals surface area contributed by atoms with Gasteiger partial charge in [-0.1, -0.05) is 78.2 Å². The van der Waals surface area contributed by atoms with Gasteiger partial charge in [-0.2, -0.15) is 13.2 Å². The van der Waals surface area contributed by atoms with E-state index in [1.807, 2.05) is 13.8 Å². The Bertz CT molecular complexity index is 1360. The number of allylic oxidation sites excluding steroid dienone is 4. The summed E-state index contributed by atoms with van der Waals surface area (Å²) in [7, 11) is 0. The van der Waals surface area contributed by atoms with Crippen LogP contribution < -0.4 is 10.2 Å². The zero-order valence-corrected chi connectivity index (χ0v) is 26.3. The van der Waals surface area contributed by atoms with E-state index in [0.717, 1.165) is 55.5 Å². The third-order valence-electron chi connectivity index (χ3n) is 8.19. The monoisotopic (exact) mass is 576 g/mol. The molecule has 3 rings (SSSR count). The van der Waals surface area contributed by atoms with Crippen LogP contribution in [0.2, 0.25) is 0 Å². The number of nitrogens with zero attached hydrogens (tertiary/aromatic N) is 1. The molecule has 0 spiro atoms. The van der Waals surface area contributed by atoms with E-state index in [0.29, 0.717) is 0 Å². The van der Waals surface area contributed by atoms with Crippen LogP contribution in [0.25, 0.3) is 5.57 Å². The molecule has 3 aromatic carbocycles. The molecule has 0 aromatic heterocycles. The number of benzene rings is 3. The number of aryl methyl sites for hydroxylation is 2.